The van der Waals surface area contributed by atoms with Crippen LogP contribution in [0.4, 0.5) is 0 Å². The lowest BCUT2D eigenvalue weighted by atomic mass is 10.1. The maximum absolute atomic E-state index is 5.17. The highest BCUT2D eigenvalue weighted by molar-refractivity contribution is 5.97. The number of aromatic nitrogens is 6. The van der Waals surface area contributed by atoms with Crippen molar-refractivity contribution < 1.29 is 0 Å². The highest BCUT2D eigenvalue weighted by atomic mass is 15.2. The average molecular weight is 489 g/mol. The first-order valence-corrected chi connectivity index (χ1v) is 12.5. The van der Waals surface area contributed by atoms with Crippen LogP contribution < -0.4 is 0 Å². The van der Waals surface area contributed by atoms with E-state index in [4.69, 9.17) is 19.9 Å². The van der Waals surface area contributed by atoms with Gasteiger partial charge in [-0.05, 0) is 30.3 Å². The molecular formula is C32H20N6. The lowest BCUT2D eigenvalue weighted by Gasteiger charge is -2.12. The number of hydrogen-bond acceptors (Lipinski definition) is 4. The SMILES string of the molecule is c1ccc(-c2nc(-n3c(-c4ccccc4)nc4cc5nc6ccccn6c5cc43)nc3ccccc23)cc1. The summed E-state index contributed by atoms with van der Waals surface area (Å²) in [4.78, 5) is 20.2. The van der Waals surface area contributed by atoms with E-state index in [9.17, 15) is 0 Å². The highest BCUT2D eigenvalue weighted by Gasteiger charge is 2.20. The molecule has 0 fully saturated rings. The van der Waals surface area contributed by atoms with Gasteiger partial charge < -0.3 is 0 Å². The van der Waals surface area contributed by atoms with Crippen molar-refractivity contribution in [2.45, 2.75) is 0 Å². The molecule has 6 nitrogen and oxygen atoms in total. The van der Waals surface area contributed by atoms with Crippen molar-refractivity contribution in [2.75, 3.05) is 0 Å². The number of fused-ring (bicyclic) bond motifs is 5. The van der Waals surface area contributed by atoms with E-state index in [2.05, 4.69) is 51.4 Å². The van der Waals surface area contributed by atoms with Gasteiger partial charge in [-0.2, -0.15) is 0 Å². The Labute approximate surface area is 217 Å². The van der Waals surface area contributed by atoms with Gasteiger partial charge in [-0.15, -0.1) is 0 Å². The lowest BCUT2D eigenvalue weighted by Crippen LogP contribution is -2.05. The zero-order chi connectivity index (χ0) is 25.1. The summed E-state index contributed by atoms with van der Waals surface area (Å²) in [5.41, 5.74) is 8.40. The second kappa shape index (κ2) is 8.08. The van der Waals surface area contributed by atoms with Crippen molar-refractivity contribution in [2.24, 2.45) is 0 Å². The summed E-state index contributed by atoms with van der Waals surface area (Å²) in [5.74, 6) is 1.37. The van der Waals surface area contributed by atoms with Crippen LogP contribution in [0, 0.1) is 0 Å². The minimum atomic E-state index is 0.581. The van der Waals surface area contributed by atoms with Gasteiger partial charge in [-0.1, -0.05) is 84.9 Å². The van der Waals surface area contributed by atoms with E-state index >= 15 is 0 Å². The number of imidazole rings is 2. The summed E-state index contributed by atoms with van der Waals surface area (Å²) in [6.07, 6.45) is 2.04. The summed E-state index contributed by atoms with van der Waals surface area (Å²) in [7, 11) is 0. The molecule has 0 saturated heterocycles. The summed E-state index contributed by atoms with van der Waals surface area (Å²) in [6, 6.07) is 38.9. The molecule has 0 atom stereocenters. The first kappa shape index (κ1) is 20.8. The second-order valence-electron chi connectivity index (χ2n) is 9.26. The predicted molar refractivity (Wildman–Crippen MR) is 151 cm³/mol. The van der Waals surface area contributed by atoms with Crippen LogP contribution in [0.1, 0.15) is 0 Å². The third-order valence-electron chi connectivity index (χ3n) is 6.95. The van der Waals surface area contributed by atoms with Crippen LogP contribution >= 0.6 is 0 Å². The molecule has 4 aromatic heterocycles. The minimum absolute atomic E-state index is 0.581. The lowest BCUT2D eigenvalue weighted by molar-refractivity contribution is 0.977. The molecule has 8 rings (SSSR count). The van der Waals surface area contributed by atoms with Gasteiger partial charge >= 0.3 is 0 Å². The number of nitrogens with zero attached hydrogens (tertiary/aromatic N) is 6. The van der Waals surface area contributed by atoms with Gasteiger partial charge in [0, 0.05) is 22.7 Å². The van der Waals surface area contributed by atoms with E-state index < -0.39 is 0 Å². The molecule has 4 heterocycles. The van der Waals surface area contributed by atoms with Gasteiger partial charge in [0.15, 0.2) is 0 Å². The number of pyridine rings is 1. The summed E-state index contributed by atoms with van der Waals surface area (Å²) < 4.78 is 4.18. The monoisotopic (exact) mass is 488 g/mol. The quantitative estimate of drug-likeness (QED) is 0.266. The summed E-state index contributed by atoms with van der Waals surface area (Å²) >= 11 is 0. The normalized spacial score (nSPS) is 11.7. The Bertz CT molecular complexity index is 2120. The van der Waals surface area contributed by atoms with Crippen LogP contribution in [0.5, 0.6) is 0 Å². The van der Waals surface area contributed by atoms with Crippen molar-refractivity contribution >= 4 is 38.6 Å². The predicted octanol–water partition coefficient (Wildman–Crippen LogP) is 7.10. The van der Waals surface area contributed by atoms with Crippen molar-refractivity contribution in [3.05, 3.63) is 121 Å². The van der Waals surface area contributed by atoms with E-state index in [0.717, 1.165) is 61.3 Å². The Kier molecular flexibility index (Phi) is 4.42. The van der Waals surface area contributed by atoms with Gasteiger partial charge in [0.05, 0.1) is 33.3 Å². The summed E-state index contributed by atoms with van der Waals surface area (Å²) in [5, 5.41) is 1.01. The molecule has 0 spiro atoms. The van der Waals surface area contributed by atoms with E-state index in [1.165, 1.54) is 0 Å². The molecule has 0 N–H and O–H groups in total. The number of para-hydroxylation sites is 1. The van der Waals surface area contributed by atoms with E-state index in [0.29, 0.717) is 5.95 Å². The molecule has 0 aliphatic rings. The number of benzene rings is 4. The van der Waals surface area contributed by atoms with Crippen molar-refractivity contribution in [3.63, 3.8) is 0 Å². The first-order valence-electron chi connectivity index (χ1n) is 12.5. The van der Waals surface area contributed by atoms with Crippen LogP contribution in [-0.4, -0.2) is 28.9 Å². The third-order valence-corrected chi connectivity index (χ3v) is 6.95. The second-order valence-corrected chi connectivity index (χ2v) is 9.26. The van der Waals surface area contributed by atoms with E-state index in [-0.39, 0.29) is 0 Å². The topological polar surface area (TPSA) is 60.9 Å². The first-order chi connectivity index (χ1) is 18.8. The van der Waals surface area contributed by atoms with E-state index in [1.54, 1.807) is 0 Å². The van der Waals surface area contributed by atoms with Crippen LogP contribution in [-0.2, 0) is 0 Å². The molecular weight excluding hydrogens is 468 g/mol. The molecule has 0 radical (unpaired) electrons. The van der Waals surface area contributed by atoms with Crippen LogP contribution in [0.15, 0.2) is 121 Å². The van der Waals surface area contributed by atoms with E-state index in [1.807, 2.05) is 79.0 Å². The van der Waals surface area contributed by atoms with Crippen molar-refractivity contribution in [3.8, 4) is 28.6 Å². The zero-order valence-electron chi connectivity index (χ0n) is 20.2. The molecule has 0 aliphatic heterocycles. The molecule has 8 aromatic rings. The largest absolute Gasteiger partial charge is 0.300 e. The molecule has 0 bridgehead atoms. The maximum atomic E-state index is 5.17. The number of rotatable bonds is 3. The van der Waals surface area contributed by atoms with Gasteiger partial charge in [-0.25, -0.2) is 19.9 Å². The van der Waals surface area contributed by atoms with Gasteiger partial charge in [0.1, 0.15) is 11.5 Å². The Morgan fingerprint density at radius 3 is 2.05 bits per heavy atom. The Morgan fingerprint density at radius 2 is 1.21 bits per heavy atom. The van der Waals surface area contributed by atoms with Crippen molar-refractivity contribution in [1.29, 1.82) is 0 Å². The Balaban J connectivity index is 1.50. The van der Waals surface area contributed by atoms with Crippen LogP contribution in [0.3, 0.4) is 0 Å². The molecule has 0 amide bonds. The molecule has 38 heavy (non-hydrogen) atoms. The Hall–Kier alpha value is -5.36. The fourth-order valence-corrected chi connectivity index (χ4v) is 5.20. The molecule has 178 valence electrons. The molecule has 0 unspecified atom stereocenters. The molecule has 4 aromatic carbocycles. The fraction of sp³-hybridized carbons (Fsp3) is 0. The molecule has 6 heteroatoms. The highest BCUT2D eigenvalue weighted by Crippen LogP contribution is 2.33. The maximum Gasteiger partial charge on any atom is 0.237 e. The molecule has 0 saturated carbocycles. The van der Waals surface area contributed by atoms with Crippen LogP contribution in [0.25, 0.3) is 67.2 Å². The van der Waals surface area contributed by atoms with Crippen LogP contribution in [0.2, 0.25) is 0 Å². The van der Waals surface area contributed by atoms with Gasteiger partial charge in [0.25, 0.3) is 0 Å². The standard InChI is InChI=1S/C32H20N6/c1-3-11-21(12-4-1)30-23-15-7-8-16-24(23)35-32(36-30)38-28-20-27-25(33-29-17-9-10-18-37(27)29)19-26(28)34-31(38)22-13-5-2-6-14-22/h1-20H. The number of hydrogen-bond donors (Lipinski definition) is 0. The van der Waals surface area contributed by atoms with Gasteiger partial charge in [-0.3, -0.25) is 8.97 Å². The third kappa shape index (κ3) is 3.14. The molecule has 0 aliphatic carbocycles. The Morgan fingerprint density at radius 1 is 0.500 bits per heavy atom. The minimum Gasteiger partial charge on any atom is -0.300 e. The fourth-order valence-electron chi connectivity index (χ4n) is 5.20. The zero-order valence-corrected chi connectivity index (χ0v) is 20.2. The average Bonchev–Trinajstić information content (AvgIpc) is 3.54. The van der Waals surface area contributed by atoms with Gasteiger partial charge in [0.2, 0.25) is 5.95 Å². The summed E-state index contributed by atoms with van der Waals surface area (Å²) in [6.45, 7) is 0. The smallest absolute Gasteiger partial charge is 0.237 e. The van der Waals surface area contributed by atoms with Crippen molar-refractivity contribution in [1.82, 2.24) is 28.9 Å².